The van der Waals surface area contributed by atoms with Crippen molar-refractivity contribution < 1.29 is 4.74 Å². The van der Waals surface area contributed by atoms with Crippen molar-refractivity contribution in [1.82, 2.24) is 15.3 Å². The zero-order valence-corrected chi connectivity index (χ0v) is 9.33. The number of fused-ring (bicyclic) bond motifs is 2. The number of hydrogen-bond acceptors (Lipinski definition) is 4. The van der Waals surface area contributed by atoms with Crippen molar-refractivity contribution in [2.75, 3.05) is 19.8 Å². The van der Waals surface area contributed by atoms with E-state index < -0.39 is 0 Å². The molecule has 2 unspecified atom stereocenters. The minimum Gasteiger partial charge on any atom is -0.379 e. The van der Waals surface area contributed by atoms with Gasteiger partial charge in [-0.15, -0.1) is 0 Å². The summed E-state index contributed by atoms with van der Waals surface area (Å²) in [6, 6.07) is 0.328. The molecule has 5 nitrogen and oxygen atoms in total. The third kappa shape index (κ3) is 1.47. The van der Waals surface area contributed by atoms with Gasteiger partial charge in [0.2, 0.25) is 0 Å². The number of ether oxygens (including phenoxy) is 1. The van der Waals surface area contributed by atoms with Gasteiger partial charge in [-0.05, 0) is 12.8 Å². The molecule has 0 amide bonds. The average Bonchev–Trinajstić information content (AvgIpc) is 2.79. The minimum atomic E-state index is -0.101. The Morgan fingerprint density at radius 3 is 3.31 bits per heavy atom. The van der Waals surface area contributed by atoms with E-state index >= 15 is 0 Å². The van der Waals surface area contributed by atoms with Gasteiger partial charge >= 0.3 is 0 Å². The molecule has 88 valence electrons. The highest BCUT2D eigenvalue weighted by Crippen LogP contribution is 2.34. The molecule has 16 heavy (non-hydrogen) atoms. The molecule has 1 saturated heterocycles. The molecule has 5 heteroatoms. The molecule has 2 aliphatic heterocycles. The monoisotopic (exact) mass is 222 g/mol. The molecule has 0 saturated carbocycles. The summed E-state index contributed by atoms with van der Waals surface area (Å²) in [5.74, 6) is 0. The molecule has 3 heterocycles. The van der Waals surface area contributed by atoms with Crippen LogP contribution in [-0.2, 0) is 16.7 Å². The van der Waals surface area contributed by atoms with Crippen LogP contribution in [0.15, 0.2) is 6.33 Å². The van der Waals surface area contributed by atoms with Gasteiger partial charge in [0.15, 0.2) is 0 Å². The van der Waals surface area contributed by atoms with Crippen molar-refractivity contribution in [2.45, 2.75) is 30.8 Å². The Bertz CT molecular complexity index is 370. The lowest BCUT2D eigenvalue weighted by Gasteiger charge is -2.43. The maximum Gasteiger partial charge on any atom is 0.0926 e. The highest BCUT2D eigenvalue weighted by atomic mass is 16.5. The summed E-state index contributed by atoms with van der Waals surface area (Å²) in [4.78, 5) is 7.69. The van der Waals surface area contributed by atoms with Crippen LogP contribution in [0.25, 0.3) is 0 Å². The van der Waals surface area contributed by atoms with Crippen molar-refractivity contribution in [2.24, 2.45) is 5.73 Å². The quantitative estimate of drug-likeness (QED) is 0.619. The largest absolute Gasteiger partial charge is 0.379 e. The number of nitrogens with one attached hydrogen (secondary N) is 2. The highest BCUT2D eigenvalue weighted by Gasteiger charge is 2.43. The molecule has 2 atom stereocenters. The van der Waals surface area contributed by atoms with E-state index in [1.54, 1.807) is 6.33 Å². The minimum absolute atomic E-state index is 0.101. The normalized spacial score (nSPS) is 33.9. The van der Waals surface area contributed by atoms with Crippen LogP contribution in [0.4, 0.5) is 0 Å². The Balaban J connectivity index is 1.98. The van der Waals surface area contributed by atoms with Crippen LogP contribution in [0.3, 0.4) is 0 Å². The van der Waals surface area contributed by atoms with Gasteiger partial charge in [0, 0.05) is 31.3 Å². The van der Waals surface area contributed by atoms with E-state index in [1.807, 2.05) is 0 Å². The smallest absolute Gasteiger partial charge is 0.0926 e. The lowest BCUT2D eigenvalue weighted by Crippen LogP contribution is -2.58. The molecular formula is C11H18N4O. The topological polar surface area (TPSA) is 76.0 Å². The van der Waals surface area contributed by atoms with Crippen LogP contribution in [0.2, 0.25) is 0 Å². The molecule has 4 N–H and O–H groups in total. The summed E-state index contributed by atoms with van der Waals surface area (Å²) < 4.78 is 5.62. The number of rotatable bonds is 1. The van der Waals surface area contributed by atoms with E-state index in [0.29, 0.717) is 19.2 Å². The Hall–Kier alpha value is -0.910. The van der Waals surface area contributed by atoms with Gasteiger partial charge in [-0.2, -0.15) is 0 Å². The fourth-order valence-electron chi connectivity index (χ4n) is 2.88. The summed E-state index contributed by atoms with van der Waals surface area (Å²) in [5, 5.41) is 3.63. The predicted molar refractivity (Wildman–Crippen MR) is 60.0 cm³/mol. The first-order chi connectivity index (χ1) is 7.84. The molecule has 0 aliphatic carbocycles. The summed E-state index contributed by atoms with van der Waals surface area (Å²) in [5.41, 5.74) is 8.04. The van der Waals surface area contributed by atoms with E-state index in [0.717, 1.165) is 31.6 Å². The van der Waals surface area contributed by atoms with Crippen LogP contribution in [0.5, 0.6) is 0 Å². The van der Waals surface area contributed by atoms with Gasteiger partial charge in [0.05, 0.1) is 24.2 Å². The van der Waals surface area contributed by atoms with E-state index in [-0.39, 0.29) is 5.54 Å². The Morgan fingerprint density at radius 2 is 2.56 bits per heavy atom. The summed E-state index contributed by atoms with van der Waals surface area (Å²) in [7, 11) is 0. The van der Waals surface area contributed by atoms with Crippen molar-refractivity contribution in [3.63, 3.8) is 0 Å². The van der Waals surface area contributed by atoms with Crippen molar-refractivity contribution >= 4 is 0 Å². The van der Waals surface area contributed by atoms with Crippen molar-refractivity contribution in [3.05, 3.63) is 17.7 Å². The van der Waals surface area contributed by atoms with E-state index in [1.165, 1.54) is 5.69 Å². The number of aromatic nitrogens is 2. The molecule has 1 aromatic heterocycles. The number of aromatic amines is 1. The van der Waals surface area contributed by atoms with E-state index in [2.05, 4.69) is 15.3 Å². The second-order valence-corrected chi connectivity index (χ2v) is 4.75. The number of H-pyrrole nitrogens is 1. The Morgan fingerprint density at radius 1 is 1.62 bits per heavy atom. The van der Waals surface area contributed by atoms with Crippen LogP contribution < -0.4 is 11.1 Å². The molecule has 3 rings (SSSR count). The second kappa shape index (κ2) is 3.84. The highest BCUT2D eigenvalue weighted by molar-refractivity contribution is 5.27. The van der Waals surface area contributed by atoms with Crippen LogP contribution in [-0.4, -0.2) is 35.8 Å². The average molecular weight is 222 g/mol. The van der Waals surface area contributed by atoms with Crippen molar-refractivity contribution in [1.29, 1.82) is 0 Å². The lowest BCUT2D eigenvalue weighted by atomic mass is 9.82. The summed E-state index contributed by atoms with van der Waals surface area (Å²) >= 11 is 0. The van der Waals surface area contributed by atoms with Gasteiger partial charge in [-0.3, -0.25) is 5.32 Å². The maximum atomic E-state index is 5.78. The summed E-state index contributed by atoms with van der Waals surface area (Å²) in [6.45, 7) is 2.22. The SMILES string of the molecule is NCC1Cc2[nH]cnc2C2(CCCOC2)N1. The first-order valence-corrected chi connectivity index (χ1v) is 5.92. The number of nitrogens with two attached hydrogens (primary N) is 1. The summed E-state index contributed by atoms with van der Waals surface area (Å²) in [6.07, 6.45) is 4.88. The number of hydrogen-bond donors (Lipinski definition) is 3. The maximum absolute atomic E-state index is 5.78. The van der Waals surface area contributed by atoms with Crippen LogP contribution >= 0.6 is 0 Å². The molecule has 1 fully saturated rings. The first-order valence-electron chi connectivity index (χ1n) is 5.92. The molecule has 2 aliphatic rings. The van der Waals surface area contributed by atoms with Gasteiger partial charge in [0.25, 0.3) is 0 Å². The lowest BCUT2D eigenvalue weighted by molar-refractivity contribution is 0.00647. The van der Waals surface area contributed by atoms with Gasteiger partial charge in [-0.25, -0.2) is 4.98 Å². The van der Waals surface area contributed by atoms with E-state index in [4.69, 9.17) is 10.5 Å². The fourth-order valence-corrected chi connectivity index (χ4v) is 2.88. The fraction of sp³-hybridized carbons (Fsp3) is 0.727. The predicted octanol–water partition coefficient (Wildman–Crippen LogP) is -0.112. The second-order valence-electron chi connectivity index (χ2n) is 4.75. The van der Waals surface area contributed by atoms with Crippen molar-refractivity contribution in [3.8, 4) is 0 Å². The third-order valence-electron chi connectivity index (χ3n) is 3.63. The Labute approximate surface area is 94.8 Å². The number of imidazole rings is 1. The van der Waals surface area contributed by atoms with Gasteiger partial charge < -0.3 is 15.5 Å². The zero-order valence-electron chi connectivity index (χ0n) is 9.33. The molecule has 1 spiro atoms. The first kappa shape index (κ1) is 10.3. The van der Waals surface area contributed by atoms with Gasteiger partial charge in [0.1, 0.15) is 0 Å². The van der Waals surface area contributed by atoms with Crippen LogP contribution in [0.1, 0.15) is 24.2 Å². The standard InChI is InChI=1S/C11H18N4O/c12-5-8-4-9-10(14-7-13-9)11(15-8)2-1-3-16-6-11/h7-8,15H,1-6,12H2,(H,13,14). The third-order valence-corrected chi connectivity index (χ3v) is 3.63. The molecular weight excluding hydrogens is 204 g/mol. The molecule has 0 radical (unpaired) electrons. The number of nitrogens with zero attached hydrogens (tertiary/aromatic N) is 1. The zero-order chi connectivity index (χ0) is 11.0. The van der Waals surface area contributed by atoms with Gasteiger partial charge in [-0.1, -0.05) is 0 Å². The van der Waals surface area contributed by atoms with Crippen LogP contribution in [0, 0.1) is 0 Å². The van der Waals surface area contributed by atoms with E-state index in [9.17, 15) is 0 Å². The Kier molecular flexibility index (Phi) is 2.46. The molecule has 1 aromatic rings. The molecule has 0 bridgehead atoms. The molecule has 0 aromatic carbocycles.